The maximum atomic E-state index is 12.8. The normalized spacial score (nSPS) is 36.1. The first kappa shape index (κ1) is 9.45. The van der Waals surface area contributed by atoms with Crippen LogP contribution in [0.3, 0.4) is 0 Å². The average Bonchev–Trinajstić information content (AvgIpc) is 2.08. The van der Waals surface area contributed by atoms with E-state index < -0.39 is 12.2 Å². The highest BCUT2D eigenvalue weighted by Gasteiger charge is 2.32. The summed E-state index contributed by atoms with van der Waals surface area (Å²) in [5, 5.41) is 0. The zero-order valence-electron chi connectivity index (χ0n) is 7.13. The molecule has 0 aromatic heterocycles. The first-order chi connectivity index (χ1) is 5.65. The van der Waals surface area contributed by atoms with Crippen LogP contribution >= 0.6 is 0 Å². The van der Waals surface area contributed by atoms with Gasteiger partial charge in [0.2, 0.25) is 0 Å². The molecular weight excluding hydrogens is 161 g/mol. The number of rotatable bonds is 1. The van der Waals surface area contributed by atoms with Gasteiger partial charge in [0.25, 0.3) is 0 Å². The lowest BCUT2D eigenvalue weighted by molar-refractivity contribution is -0.147. The average molecular weight is 175 g/mol. The Bertz CT molecular complexity index is 174. The summed E-state index contributed by atoms with van der Waals surface area (Å²) in [7, 11) is 1.34. The predicted molar refractivity (Wildman–Crippen MR) is 42.2 cm³/mol. The SMILES string of the molecule is COC(=O)C1CCC(F)C(N)C1. The van der Waals surface area contributed by atoms with Crippen molar-refractivity contribution >= 4 is 5.97 Å². The number of carbonyl (C=O) groups is 1. The van der Waals surface area contributed by atoms with Crippen LogP contribution in [0.2, 0.25) is 0 Å². The van der Waals surface area contributed by atoms with Gasteiger partial charge in [0.1, 0.15) is 6.17 Å². The fraction of sp³-hybridized carbons (Fsp3) is 0.875. The molecule has 0 aromatic rings. The maximum Gasteiger partial charge on any atom is 0.308 e. The summed E-state index contributed by atoms with van der Waals surface area (Å²) in [5.74, 6) is -0.464. The molecule has 1 fully saturated rings. The van der Waals surface area contributed by atoms with Crippen molar-refractivity contribution in [3.05, 3.63) is 0 Å². The van der Waals surface area contributed by atoms with Crippen molar-refractivity contribution in [3.8, 4) is 0 Å². The molecule has 0 saturated heterocycles. The van der Waals surface area contributed by atoms with Gasteiger partial charge < -0.3 is 10.5 Å². The summed E-state index contributed by atoms with van der Waals surface area (Å²) >= 11 is 0. The number of hydrogen-bond donors (Lipinski definition) is 1. The zero-order valence-corrected chi connectivity index (χ0v) is 7.13. The second kappa shape index (κ2) is 3.85. The smallest absolute Gasteiger partial charge is 0.308 e. The van der Waals surface area contributed by atoms with E-state index in [1.807, 2.05) is 0 Å². The fourth-order valence-electron chi connectivity index (χ4n) is 1.55. The highest BCUT2D eigenvalue weighted by molar-refractivity contribution is 5.72. The molecule has 0 aliphatic heterocycles. The van der Waals surface area contributed by atoms with E-state index >= 15 is 0 Å². The molecule has 1 aliphatic carbocycles. The van der Waals surface area contributed by atoms with Crippen molar-refractivity contribution < 1.29 is 13.9 Å². The zero-order chi connectivity index (χ0) is 9.14. The minimum absolute atomic E-state index is 0.197. The number of methoxy groups -OCH3 is 1. The number of nitrogens with two attached hydrogens (primary N) is 1. The van der Waals surface area contributed by atoms with Gasteiger partial charge in [-0.25, -0.2) is 4.39 Å². The van der Waals surface area contributed by atoms with Gasteiger partial charge >= 0.3 is 5.97 Å². The molecule has 0 amide bonds. The summed E-state index contributed by atoms with van der Waals surface area (Å²) in [6, 6.07) is -0.497. The van der Waals surface area contributed by atoms with E-state index in [4.69, 9.17) is 5.73 Å². The Morgan fingerprint density at radius 2 is 2.25 bits per heavy atom. The van der Waals surface area contributed by atoms with Crippen molar-refractivity contribution in [1.29, 1.82) is 0 Å². The Balaban J connectivity index is 2.45. The quantitative estimate of drug-likeness (QED) is 0.594. The van der Waals surface area contributed by atoms with Crippen molar-refractivity contribution in [2.24, 2.45) is 11.7 Å². The lowest BCUT2D eigenvalue weighted by Gasteiger charge is -2.27. The first-order valence-electron chi connectivity index (χ1n) is 4.12. The molecule has 2 N–H and O–H groups in total. The second-order valence-electron chi connectivity index (χ2n) is 3.21. The minimum atomic E-state index is -0.953. The van der Waals surface area contributed by atoms with Gasteiger partial charge in [-0.05, 0) is 19.3 Å². The van der Waals surface area contributed by atoms with Crippen LogP contribution in [0.15, 0.2) is 0 Å². The molecular formula is C8H14FNO2. The van der Waals surface area contributed by atoms with Crippen molar-refractivity contribution in [2.45, 2.75) is 31.5 Å². The molecule has 0 spiro atoms. The number of alkyl halides is 1. The highest BCUT2D eigenvalue weighted by Crippen LogP contribution is 2.26. The van der Waals surface area contributed by atoms with E-state index in [2.05, 4.69) is 4.74 Å². The Hall–Kier alpha value is -0.640. The molecule has 0 radical (unpaired) electrons. The highest BCUT2D eigenvalue weighted by atomic mass is 19.1. The molecule has 0 heterocycles. The van der Waals surface area contributed by atoms with Crippen LogP contribution in [0.25, 0.3) is 0 Å². The predicted octanol–water partition coefficient (Wildman–Crippen LogP) is 0.625. The fourth-order valence-corrected chi connectivity index (χ4v) is 1.55. The van der Waals surface area contributed by atoms with Gasteiger partial charge in [-0.1, -0.05) is 0 Å². The number of ether oxygens (including phenoxy) is 1. The molecule has 4 heteroatoms. The second-order valence-corrected chi connectivity index (χ2v) is 3.21. The number of hydrogen-bond acceptors (Lipinski definition) is 3. The molecule has 3 unspecified atom stereocenters. The molecule has 1 aliphatic rings. The van der Waals surface area contributed by atoms with E-state index in [9.17, 15) is 9.18 Å². The van der Waals surface area contributed by atoms with Crippen LogP contribution in [0.1, 0.15) is 19.3 Å². The standard InChI is InChI=1S/C8H14FNO2/c1-12-8(11)5-2-3-6(9)7(10)4-5/h5-7H,2-4,10H2,1H3. The first-order valence-corrected chi connectivity index (χ1v) is 4.12. The van der Waals surface area contributed by atoms with Gasteiger partial charge in [0.05, 0.1) is 13.0 Å². The van der Waals surface area contributed by atoms with Gasteiger partial charge in [0.15, 0.2) is 0 Å². The van der Waals surface area contributed by atoms with Gasteiger partial charge in [0, 0.05) is 6.04 Å². The topological polar surface area (TPSA) is 52.3 Å². The van der Waals surface area contributed by atoms with Gasteiger partial charge in [-0.2, -0.15) is 0 Å². The largest absolute Gasteiger partial charge is 0.469 e. The van der Waals surface area contributed by atoms with Crippen LogP contribution in [0.4, 0.5) is 4.39 Å². The van der Waals surface area contributed by atoms with Gasteiger partial charge in [-0.15, -0.1) is 0 Å². The Morgan fingerprint density at radius 1 is 1.58 bits per heavy atom. The van der Waals surface area contributed by atoms with Crippen LogP contribution in [-0.4, -0.2) is 25.3 Å². The summed E-state index contributed by atoms with van der Waals surface area (Å²) in [5.41, 5.74) is 5.48. The Kier molecular flexibility index (Phi) is 3.03. The van der Waals surface area contributed by atoms with Gasteiger partial charge in [-0.3, -0.25) is 4.79 Å². The van der Waals surface area contributed by atoms with E-state index in [0.29, 0.717) is 19.3 Å². The van der Waals surface area contributed by atoms with Crippen LogP contribution < -0.4 is 5.73 Å². The number of halogens is 1. The third-order valence-corrected chi connectivity index (χ3v) is 2.35. The summed E-state index contributed by atoms with van der Waals surface area (Å²) in [6.07, 6.45) is 0.391. The number of esters is 1. The summed E-state index contributed by atoms with van der Waals surface area (Å²) in [6.45, 7) is 0. The third kappa shape index (κ3) is 1.94. The Morgan fingerprint density at radius 3 is 2.75 bits per heavy atom. The summed E-state index contributed by atoms with van der Waals surface area (Å²) < 4.78 is 17.4. The van der Waals surface area contributed by atoms with E-state index in [1.165, 1.54) is 7.11 Å². The van der Waals surface area contributed by atoms with Crippen molar-refractivity contribution in [1.82, 2.24) is 0 Å². The molecule has 3 nitrogen and oxygen atoms in total. The molecule has 3 atom stereocenters. The third-order valence-electron chi connectivity index (χ3n) is 2.35. The molecule has 12 heavy (non-hydrogen) atoms. The lowest BCUT2D eigenvalue weighted by atomic mass is 9.85. The lowest BCUT2D eigenvalue weighted by Crippen LogP contribution is -2.40. The van der Waals surface area contributed by atoms with Crippen LogP contribution in [0, 0.1) is 5.92 Å². The molecule has 70 valence electrons. The maximum absolute atomic E-state index is 12.8. The monoisotopic (exact) mass is 175 g/mol. The minimum Gasteiger partial charge on any atom is -0.469 e. The molecule has 0 bridgehead atoms. The van der Waals surface area contributed by atoms with E-state index in [0.717, 1.165) is 0 Å². The molecule has 1 saturated carbocycles. The van der Waals surface area contributed by atoms with Crippen LogP contribution in [0.5, 0.6) is 0 Å². The van der Waals surface area contributed by atoms with E-state index in [1.54, 1.807) is 0 Å². The molecule has 0 aromatic carbocycles. The summed E-state index contributed by atoms with van der Waals surface area (Å²) in [4.78, 5) is 11.0. The van der Waals surface area contributed by atoms with Crippen LogP contribution in [-0.2, 0) is 9.53 Å². The number of carbonyl (C=O) groups excluding carboxylic acids is 1. The van der Waals surface area contributed by atoms with E-state index in [-0.39, 0.29) is 11.9 Å². The van der Waals surface area contributed by atoms with Crippen molar-refractivity contribution in [3.63, 3.8) is 0 Å². The van der Waals surface area contributed by atoms with Crippen molar-refractivity contribution in [2.75, 3.05) is 7.11 Å². The Labute approximate surface area is 71.1 Å². The molecule has 1 rings (SSSR count).